The molecule has 3 heterocycles. The summed E-state index contributed by atoms with van der Waals surface area (Å²) in [5.41, 5.74) is 1.84. The van der Waals surface area contributed by atoms with E-state index in [0.29, 0.717) is 12.3 Å². The molecule has 0 saturated heterocycles. The van der Waals surface area contributed by atoms with Crippen LogP contribution in [0.1, 0.15) is 5.69 Å². The average molecular weight is 411 g/mol. The standard InChI is InChI=1S/C20H18N4O2S2/c1-3-10-24-19(14-6-8-16(25-2)9-7-14)21-22-20(24)28-13-15-12-17(26-23-15)18-5-4-11-27-18/h3-9,11-12H,1,10,13H2,2H3. The number of hydrogen-bond acceptors (Lipinski definition) is 7. The van der Waals surface area contributed by atoms with Crippen LogP contribution in [0.5, 0.6) is 5.75 Å². The van der Waals surface area contributed by atoms with Crippen molar-refractivity contribution < 1.29 is 9.26 Å². The van der Waals surface area contributed by atoms with Gasteiger partial charge in [-0.1, -0.05) is 29.1 Å². The maximum absolute atomic E-state index is 5.45. The van der Waals surface area contributed by atoms with E-state index in [1.54, 1.807) is 30.2 Å². The van der Waals surface area contributed by atoms with Crippen LogP contribution in [-0.2, 0) is 12.3 Å². The Kier molecular flexibility index (Phi) is 5.59. The Morgan fingerprint density at radius 2 is 2.11 bits per heavy atom. The number of methoxy groups -OCH3 is 1. The maximum atomic E-state index is 5.45. The van der Waals surface area contributed by atoms with Crippen molar-refractivity contribution in [3.8, 4) is 27.8 Å². The Labute approximate surface area is 170 Å². The van der Waals surface area contributed by atoms with Crippen LogP contribution in [0.4, 0.5) is 0 Å². The Morgan fingerprint density at radius 3 is 2.82 bits per heavy atom. The summed E-state index contributed by atoms with van der Waals surface area (Å²) in [5.74, 6) is 3.04. The second kappa shape index (κ2) is 8.45. The molecule has 0 aliphatic heterocycles. The molecule has 0 spiro atoms. The van der Waals surface area contributed by atoms with E-state index in [9.17, 15) is 0 Å². The van der Waals surface area contributed by atoms with E-state index in [-0.39, 0.29) is 0 Å². The van der Waals surface area contributed by atoms with Gasteiger partial charge in [0.05, 0.1) is 17.7 Å². The Morgan fingerprint density at radius 1 is 1.25 bits per heavy atom. The SMILES string of the molecule is C=CCn1c(SCc2cc(-c3cccs3)on2)nnc1-c1ccc(OC)cc1. The van der Waals surface area contributed by atoms with E-state index >= 15 is 0 Å². The number of benzene rings is 1. The fourth-order valence-corrected chi connectivity index (χ4v) is 4.20. The van der Waals surface area contributed by atoms with Crippen LogP contribution in [0.3, 0.4) is 0 Å². The summed E-state index contributed by atoms with van der Waals surface area (Å²) in [6, 6.07) is 13.8. The number of rotatable bonds is 8. The minimum absolute atomic E-state index is 0.621. The van der Waals surface area contributed by atoms with Crippen LogP contribution in [0.2, 0.25) is 0 Å². The molecule has 4 rings (SSSR count). The van der Waals surface area contributed by atoms with Gasteiger partial charge in [0.15, 0.2) is 16.7 Å². The molecule has 4 aromatic rings. The van der Waals surface area contributed by atoms with E-state index in [1.807, 2.05) is 58.5 Å². The van der Waals surface area contributed by atoms with E-state index < -0.39 is 0 Å². The van der Waals surface area contributed by atoms with E-state index in [2.05, 4.69) is 21.9 Å². The molecule has 8 heteroatoms. The van der Waals surface area contributed by atoms with Crippen molar-refractivity contribution >= 4 is 23.1 Å². The second-order valence-corrected chi connectivity index (χ2v) is 7.77. The first kappa shape index (κ1) is 18.5. The highest BCUT2D eigenvalue weighted by Crippen LogP contribution is 2.30. The van der Waals surface area contributed by atoms with Crippen molar-refractivity contribution in [2.24, 2.45) is 0 Å². The smallest absolute Gasteiger partial charge is 0.192 e. The van der Waals surface area contributed by atoms with E-state index in [4.69, 9.17) is 9.26 Å². The van der Waals surface area contributed by atoms with Crippen LogP contribution in [0.25, 0.3) is 22.0 Å². The van der Waals surface area contributed by atoms with Gasteiger partial charge in [-0.15, -0.1) is 28.1 Å². The molecule has 0 saturated carbocycles. The monoisotopic (exact) mass is 410 g/mol. The third-order valence-electron chi connectivity index (χ3n) is 4.05. The molecular weight excluding hydrogens is 392 g/mol. The van der Waals surface area contributed by atoms with Gasteiger partial charge in [-0.3, -0.25) is 4.57 Å². The lowest BCUT2D eigenvalue weighted by Gasteiger charge is -2.07. The van der Waals surface area contributed by atoms with Crippen LogP contribution in [0, 0.1) is 0 Å². The molecule has 0 N–H and O–H groups in total. The van der Waals surface area contributed by atoms with Gasteiger partial charge in [-0.05, 0) is 35.7 Å². The molecule has 142 valence electrons. The lowest BCUT2D eigenvalue weighted by Crippen LogP contribution is -2.00. The first-order chi connectivity index (χ1) is 13.8. The van der Waals surface area contributed by atoms with Gasteiger partial charge in [0.25, 0.3) is 0 Å². The van der Waals surface area contributed by atoms with Crippen LogP contribution in [-0.4, -0.2) is 27.0 Å². The first-order valence-corrected chi connectivity index (χ1v) is 10.5. The largest absolute Gasteiger partial charge is 0.497 e. The number of hydrogen-bond donors (Lipinski definition) is 0. The fourth-order valence-electron chi connectivity index (χ4n) is 2.70. The van der Waals surface area contributed by atoms with Gasteiger partial charge in [0.2, 0.25) is 0 Å². The number of ether oxygens (including phenoxy) is 1. The van der Waals surface area contributed by atoms with Crippen molar-refractivity contribution in [2.75, 3.05) is 7.11 Å². The van der Waals surface area contributed by atoms with Crippen molar-refractivity contribution in [1.82, 2.24) is 19.9 Å². The summed E-state index contributed by atoms with van der Waals surface area (Å²) >= 11 is 3.20. The lowest BCUT2D eigenvalue weighted by atomic mass is 10.2. The fraction of sp³-hybridized carbons (Fsp3) is 0.150. The highest BCUT2D eigenvalue weighted by molar-refractivity contribution is 7.98. The summed E-state index contributed by atoms with van der Waals surface area (Å²) in [4.78, 5) is 1.07. The molecule has 0 unspecified atom stereocenters. The zero-order chi connectivity index (χ0) is 19.3. The van der Waals surface area contributed by atoms with Crippen molar-refractivity contribution in [2.45, 2.75) is 17.5 Å². The minimum Gasteiger partial charge on any atom is -0.497 e. The van der Waals surface area contributed by atoms with Gasteiger partial charge in [-0.2, -0.15) is 0 Å². The maximum Gasteiger partial charge on any atom is 0.192 e. The molecule has 6 nitrogen and oxygen atoms in total. The quantitative estimate of drug-likeness (QED) is 0.296. The summed E-state index contributed by atoms with van der Waals surface area (Å²) in [5, 5.41) is 15.7. The van der Waals surface area contributed by atoms with Crippen LogP contribution >= 0.6 is 23.1 Å². The number of allylic oxidation sites excluding steroid dienone is 1. The molecule has 0 aliphatic carbocycles. The number of thiophene rings is 1. The molecule has 0 amide bonds. The van der Waals surface area contributed by atoms with E-state index in [0.717, 1.165) is 38.6 Å². The lowest BCUT2D eigenvalue weighted by molar-refractivity contribution is 0.415. The van der Waals surface area contributed by atoms with Gasteiger partial charge in [0, 0.05) is 23.9 Å². The highest BCUT2D eigenvalue weighted by atomic mass is 32.2. The molecule has 1 aromatic carbocycles. The molecule has 3 aromatic heterocycles. The Bertz CT molecular complexity index is 1050. The van der Waals surface area contributed by atoms with Crippen molar-refractivity contribution in [1.29, 1.82) is 0 Å². The minimum atomic E-state index is 0.621. The number of nitrogens with zero attached hydrogens (tertiary/aromatic N) is 4. The summed E-state index contributed by atoms with van der Waals surface area (Å²) in [7, 11) is 1.65. The average Bonchev–Trinajstić information content (AvgIpc) is 3.47. The molecule has 0 aliphatic rings. The van der Waals surface area contributed by atoms with Gasteiger partial charge in [0.1, 0.15) is 5.75 Å². The molecule has 28 heavy (non-hydrogen) atoms. The predicted octanol–water partition coefficient (Wildman–Crippen LogP) is 5.15. The summed E-state index contributed by atoms with van der Waals surface area (Å²) < 4.78 is 12.7. The second-order valence-electron chi connectivity index (χ2n) is 5.88. The van der Waals surface area contributed by atoms with Crippen LogP contribution < -0.4 is 4.74 Å². The number of aromatic nitrogens is 4. The third-order valence-corrected chi connectivity index (χ3v) is 5.93. The predicted molar refractivity (Wildman–Crippen MR) is 112 cm³/mol. The number of thioether (sulfide) groups is 1. The van der Waals surface area contributed by atoms with Crippen molar-refractivity contribution in [3.05, 3.63) is 66.2 Å². The first-order valence-electron chi connectivity index (χ1n) is 8.59. The van der Waals surface area contributed by atoms with Crippen LogP contribution in [0.15, 0.2) is 70.2 Å². The zero-order valence-corrected chi connectivity index (χ0v) is 16.9. The van der Waals surface area contributed by atoms with Gasteiger partial charge >= 0.3 is 0 Å². The Hall–Kier alpha value is -2.84. The normalized spacial score (nSPS) is 10.9. The zero-order valence-electron chi connectivity index (χ0n) is 15.2. The molecule has 0 atom stereocenters. The van der Waals surface area contributed by atoms with Gasteiger partial charge < -0.3 is 9.26 Å². The Balaban J connectivity index is 1.53. The third kappa shape index (κ3) is 3.88. The molecule has 0 radical (unpaired) electrons. The topological polar surface area (TPSA) is 66.0 Å². The van der Waals surface area contributed by atoms with Crippen molar-refractivity contribution in [3.63, 3.8) is 0 Å². The molecule has 0 bridgehead atoms. The molecular formula is C20H18N4O2S2. The van der Waals surface area contributed by atoms with E-state index in [1.165, 1.54) is 0 Å². The van der Waals surface area contributed by atoms with Gasteiger partial charge in [-0.25, -0.2) is 0 Å². The highest BCUT2D eigenvalue weighted by Gasteiger charge is 2.15. The summed E-state index contributed by atoms with van der Waals surface area (Å²) in [6.45, 7) is 4.48. The summed E-state index contributed by atoms with van der Waals surface area (Å²) in [6.07, 6.45) is 1.84. The molecule has 0 fully saturated rings.